The third kappa shape index (κ3) is 5.31. The van der Waals surface area contributed by atoms with Gasteiger partial charge < -0.3 is 15.2 Å². The molecule has 132 valence electrons. The Hall–Kier alpha value is -2.89. The standard InChI is InChI=1S/C19H22N2O4/c1-3-13(2)17(19(23)24)21-18(22)15-9-10-16(20-11-15)25-12-14-7-5-4-6-8-14/h4-11,13,17H,3,12H2,1-2H3,(H,21,22)(H,23,24)/t13-,17-/m0/s1. The molecule has 2 aromatic rings. The summed E-state index contributed by atoms with van der Waals surface area (Å²) in [4.78, 5) is 27.6. The minimum absolute atomic E-state index is 0.164. The van der Waals surface area contributed by atoms with Gasteiger partial charge in [0.05, 0.1) is 5.56 Å². The Morgan fingerprint density at radius 3 is 2.48 bits per heavy atom. The maximum absolute atomic E-state index is 12.2. The molecule has 6 heteroatoms. The monoisotopic (exact) mass is 342 g/mol. The number of carbonyl (C=O) groups is 2. The van der Waals surface area contributed by atoms with Gasteiger partial charge in [-0.1, -0.05) is 50.6 Å². The van der Waals surface area contributed by atoms with Gasteiger partial charge in [0.15, 0.2) is 0 Å². The van der Waals surface area contributed by atoms with E-state index in [0.29, 0.717) is 24.5 Å². The molecule has 1 aromatic carbocycles. The van der Waals surface area contributed by atoms with Crippen LogP contribution in [0.25, 0.3) is 0 Å². The Kier molecular flexibility index (Phi) is 6.51. The van der Waals surface area contributed by atoms with Crippen molar-refractivity contribution in [1.82, 2.24) is 10.3 Å². The summed E-state index contributed by atoms with van der Waals surface area (Å²) in [6, 6.07) is 11.9. The third-order valence-electron chi connectivity index (χ3n) is 3.99. The molecule has 2 rings (SSSR count). The van der Waals surface area contributed by atoms with E-state index in [0.717, 1.165) is 5.56 Å². The second-order valence-corrected chi connectivity index (χ2v) is 5.83. The second-order valence-electron chi connectivity index (χ2n) is 5.83. The molecule has 0 saturated carbocycles. The molecule has 0 fully saturated rings. The summed E-state index contributed by atoms with van der Waals surface area (Å²) < 4.78 is 5.56. The fraction of sp³-hybridized carbons (Fsp3) is 0.316. The Bertz CT molecular complexity index is 701. The Morgan fingerprint density at radius 2 is 1.92 bits per heavy atom. The highest BCUT2D eigenvalue weighted by molar-refractivity contribution is 5.96. The first-order chi connectivity index (χ1) is 12.0. The van der Waals surface area contributed by atoms with Crippen molar-refractivity contribution in [3.8, 4) is 5.88 Å². The largest absolute Gasteiger partial charge is 0.480 e. The number of carboxylic acids is 1. The number of rotatable bonds is 8. The number of aromatic nitrogens is 1. The molecule has 0 aliphatic heterocycles. The van der Waals surface area contributed by atoms with Crippen LogP contribution in [0.2, 0.25) is 0 Å². The van der Waals surface area contributed by atoms with Gasteiger partial charge in [-0.2, -0.15) is 0 Å². The van der Waals surface area contributed by atoms with Crippen molar-refractivity contribution >= 4 is 11.9 Å². The van der Waals surface area contributed by atoms with E-state index in [1.165, 1.54) is 6.20 Å². The van der Waals surface area contributed by atoms with Crippen molar-refractivity contribution in [2.24, 2.45) is 5.92 Å². The fourth-order valence-corrected chi connectivity index (χ4v) is 2.24. The van der Waals surface area contributed by atoms with Crippen molar-refractivity contribution in [2.75, 3.05) is 0 Å². The van der Waals surface area contributed by atoms with Crippen molar-refractivity contribution in [3.05, 3.63) is 59.8 Å². The first kappa shape index (κ1) is 18.4. The highest BCUT2D eigenvalue weighted by Crippen LogP contribution is 2.12. The molecule has 1 aromatic heterocycles. The number of ether oxygens (including phenoxy) is 1. The summed E-state index contributed by atoms with van der Waals surface area (Å²) in [5, 5.41) is 11.8. The van der Waals surface area contributed by atoms with Gasteiger partial charge in [0, 0.05) is 12.3 Å². The summed E-state index contributed by atoms with van der Waals surface area (Å²) in [6.45, 7) is 4.06. The molecule has 6 nitrogen and oxygen atoms in total. The zero-order valence-electron chi connectivity index (χ0n) is 14.3. The van der Waals surface area contributed by atoms with E-state index in [2.05, 4.69) is 10.3 Å². The molecule has 0 aliphatic carbocycles. The van der Waals surface area contributed by atoms with Gasteiger partial charge in [-0.25, -0.2) is 9.78 Å². The van der Waals surface area contributed by atoms with Crippen LogP contribution in [0.4, 0.5) is 0 Å². The van der Waals surface area contributed by atoms with Crippen molar-refractivity contribution < 1.29 is 19.4 Å². The zero-order chi connectivity index (χ0) is 18.2. The molecule has 2 N–H and O–H groups in total. The van der Waals surface area contributed by atoms with Crippen LogP contribution in [0.1, 0.15) is 36.2 Å². The van der Waals surface area contributed by atoms with E-state index in [4.69, 9.17) is 4.74 Å². The number of hydrogen-bond acceptors (Lipinski definition) is 4. The topological polar surface area (TPSA) is 88.5 Å². The van der Waals surface area contributed by atoms with E-state index in [-0.39, 0.29) is 5.92 Å². The predicted molar refractivity (Wildman–Crippen MR) is 93.4 cm³/mol. The Morgan fingerprint density at radius 1 is 1.20 bits per heavy atom. The molecule has 1 heterocycles. The average molecular weight is 342 g/mol. The van der Waals surface area contributed by atoms with Crippen LogP contribution in [0.5, 0.6) is 5.88 Å². The Labute approximate surface area is 146 Å². The quantitative estimate of drug-likeness (QED) is 0.770. The summed E-state index contributed by atoms with van der Waals surface area (Å²) >= 11 is 0. The minimum atomic E-state index is -1.04. The average Bonchev–Trinajstić information content (AvgIpc) is 2.64. The van der Waals surface area contributed by atoms with Crippen molar-refractivity contribution in [3.63, 3.8) is 0 Å². The predicted octanol–water partition coefficient (Wildman–Crippen LogP) is 2.89. The first-order valence-corrected chi connectivity index (χ1v) is 8.17. The number of carboxylic acid groups (broad SMARTS) is 1. The molecule has 25 heavy (non-hydrogen) atoms. The lowest BCUT2D eigenvalue weighted by Gasteiger charge is -2.20. The highest BCUT2D eigenvalue weighted by Gasteiger charge is 2.25. The first-order valence-electron chi connectivity index (χ1n) is 8.17. The molecular weight excluding hydrogens is 320 g/mol. The van der Waals surface area contributed by atoms with Gasteiger partial charge >= 0.3 is 5.97 Å². The minimum Gasteiger partial charge on any atom is -0.480 e. The van der Waals surface area contributed by atoms with Crippen LogP contribution >= 0.6 is 0 Å². The van der Waals surface area contributed by atoms with Gasteiger partial charge in [-0.3, -0.25) is 4.79 Å². The summed E-state index contributed by atoms with van der Waals surface area (Å²) in [5.74, 6) is -1.27. The van der Waals surface area contributed by atoms with Crippen molar-refractivity contribution in [1.29, 1.82) is 0 Å². The second kappa shape index (κ2) is 8.82. The van der Waals surface area contributed by atoms with Gasteiger partial charge in [0.1, 0.15) is 12.6 Å². The normalized spacial score (nSPS) is 12.9. The summed E-state index contributed by atoms with van der Waals surface area (Å²) in [5.41, 5.74) is 1.31. The number of pyridine rings is 1. The van der Waals surface area contributed by atoms with Crippen LogP contribution in [0, 0.1) is 5.92 Å². The zero-order valence-corrected chi connectivity index (χ0v) is 14.3. The molecule has 0 saturated heterocycles. The number of carbonyl (C=O) groups excluding carboxylic acids is 1. The van der Waals surface area contributed by atoms with E-state index in [9.17, 15) is 14.7 Å². The van der Waals surface area contributed by atoms with Crippen molar-refractivity contribution in [2.45, 2.75) is 32.9 Å². The Balaban J connectivity index is 1.96. The molecule has 1 amide bonds. The smallest absolute Gasteiger partial charge is 0.326 e. The maximum atomic E-state index is 12.2. The number of amides is 1. The lowest BCUT2D eigenvalue weighted by atomic mass is 9.99. The third-order valence-corrected chi connectivity index (χ3v) is 3.99. The lowest BCUT2D eigenvalue weighted by molar-refractivity contribution is -0.140. The number of hydrogen-bond donors (Lipinski definition) is 2. The van der Waals surface area contributed by atoms with Crippen LogP contribution in [0.15, 0.2) is 48.7 Å². The summed E-state index contributed by atoms with van der Waals surface area (Å²) in [6.07, 6.45) is 2.03. The number of benzene rings is 1. The number of nitrogens with one attached hydrogen (secondary N) is 1. The lowest BCUT2D eigenvalue weighted by Crippen LogP contribution is -2.45. The molecule has 0 bridgehead atoms. The van der Waals surface area contributed by atoms with Crippen LogP contribution in [0.3, 0.4) is 0 Å². The molecule has 0 aliphatic rings. The fourth-order valence-electron chi connectivity index (χ4n) is 2.24. The van der Waals surface area contributed by atoms with E-state index in [1.807, 2.05) is 37.3 Å². The molecule has 0 spiro atoms. The SMILES string of the molecule is CC[C@H](C)[C@H](NC(=O)c1ccc(OCc2ccccc2)nc1)C(=O)O. The van der Waals surface area contributed by atoms with Crippen LogP contribution < -0.4 is 10.1 Å². The van der Waals surface area contributed by atoms with Gasteiger partial charge in [-0.05, 0) is 17.5 Å². The van der Waals surface area contributed by atoms with Gasteiger partial charge in [0.25, 0.3) is 5.91 Å². The molecular formula is C19H22N2O4. The van der Waals surface area contributed by atoms with E-state index >= 15 is 0 Å². The molecule has 0 unspecified atom stereocenters. The van der Waals surface area contributed by atoms with E-state index < -0.39 is 17.9 Å². The highest BCUT2D eigenvalue weighted by atomic mass is 16.5. The van der Waals surface area contributed by atoms with Crippen LogP contribution in [-0.4, -0.2) is 28.0 Å². The van der Waals surface area contributed by atoms with Crippen LogP contribution in [-0.2, 0) is 11.4 Å². The number of aliphatic carboxylic acids is 1. The molecule has 0 radical (unpaired) electrons. The molecule has 2 atom stereocenters. The maximum Gasteiger partial charge on any atom is 0.326 e. The van der Waals surface area contributed by atoms with Gasteiger partial charge in [0.2, 0.25) is 5.88 Å². The summed E-state index contributed by atoms with van der Waals surface area (Å²) in [7, 11) is 0. The van der Waals surface area contributed by atoms with Gasteiger partial charge in [-0.15, -0.1) is 0 Å². The number of nitrogens with zero attached hydrogens (tertiary/aromatic N) is 1. The van der Waals surface area contributed by atoms with E-state index in [1.54, 1.807) is 19.1 Å².